The number of nitrogens with zero attached hydrogens (tertiary/aromatic N) is 2. The number of carbonyl (C=O) groups is 1. The van der Waals surface area contributed by atoms with Crippen LogP contribution in [0.4, 0.5) is 4.39 Å². The molecule has 2 aliphatic heterocycles. The van der Waals surface area contributed by atoms with E-state index in [-0.39, 0.29) is 21.9 Å². The number of hydrogen-bond acceptors (Lipinski definition) is 4. The third-order valence-corrected chi connectivity index (χ3v) is 6.95. The van der Waals surface area contributed by atoms with Gasteiger partial charge in [-0.25, -0.2) is 9.37 Å². The number of nitrogens with one attached hydrogen (secondary N) is 2. The van der Waals surface area contributed by atoms with Gasteiger partial charge >= 0.3 is 0 Å². The number of aryl methyl sites for hydroxylation is 1. The molecule has 2 saturated heterocycles. The molecule has 2 N–H and O–H groups in total. The van der Waals surface area contributed by atoms with E-state index < -0.39 is 5.82 Å². The number of carbonyl (C=O) groups excluding carboxylic acids is 1. The van der Waals surface area contributed by atoms with Crippen LogP contribution in [0.15, 0.2) is 23.0 Å². The lowest BCUT2D eigenvalue weighted by atomic mass is 10.1. The smallest absolute Gasteiger partial charge is 0.258 e. The quantitative estimate of drug-likeness (QED) is 0.790. The maximum atomic E-state index is 13.2. The van der Waals surface area contributed by atoms with Crippen LogP contribution in [0.5, 0.6) is 0 Å². The average molecular weight is 358 g/mol. The molecule has 1 aromatic carbocycles. The van der Waals surface area contributed by atoms with Gasteiger partial charge in [-0.15, -0.1) is 0 Å². The number of aromatic amines is 1. The maximum Gasteiger partial charge on any atom is 0.258 e. The maximum absolute atomic E-state index is 13.2. The molecule has 3 heterocycles. The van der Waals surface area contributed by atoms with Crippen molar-refractivity contribution in [2.75, 3.05) is 19.6 Å². The van der Waals surface area contributed by atoms with Crippen molar-refractivity contribution < 1.29 is 9.18 Å². The molecule has 0 bridgehead atoms. The van der Waals surface area contributed by atoms with E-state index >= 15 is 0 Å². The van der Waals surface area contributed by atoms with Crippen molar-refractivity contribution in [3.8, 4) is 0 Å². The predicted molar refractivity (Wildman–Crippen MR) is 93.1 cm³/mol. The molecule has 2 aromatic rings. The predicted octanol–water partition coefficient (Wildman–Crippen LogP) is 0.649. The van der Waals surface area contributed by atoms with Crippen molar-refractivity contribution in [3.05, 3.63) is 40.2 Å². The molecule has 0 saturated carbocycles. The minimum atomic E-state index is -0.467. The van der Waals surface area contributed by atoms with E-state index in [0.717, 1.165) is 29.2 Å². The summed E-state index contributed by atoms with van der Waals surface area (Å²) >= 11 is 0. The molecule has 25 heavy (non-hydrogen) atoms. The normalized spacial score (nSPS) is 25.5. The van der Waals surface area contributed by atoms with E-state index in [2.05, 4.69) is 22.2 Å². The zero-order valence-corrected chi connectivity index (χ0v) is 14.9. The van der Waals surface area contributed by atoms with Gasteiger partial charge in [-0.3, -0.25) is 9.59 Å². The summed E-state index contributed by atoms with van der Waals surface area (Å²) in [6.45, 7) is 4.73. The standard InChI is InChI=1S/C17H19FN4O2Si/c1-17-9-19-6-7-22(16(17)25-17)14(23)5-4-13-20-12-3-2-10(18)8-11(12)15(24)21-13/h2-3,8,16,19H,4-7,9H2,1H3,(H,20,21,24)/t16?,17-/m0/s1. The summed E-state index contributed by atoms with van der Waals surface area (Å²) in [4.78, 5) is 33.7. The zero-order valence-electron chi connectivity index (χ0n) is 13.9. The number of amides is 1. The lowest BCUT2D eigenvalue weighted by Gasteiger charge is -2.22. The second kappa shape index (κ2) is 6.03. The summed E-state index contributed by atoms with van der Waals surface area (Å²) in [5, 5.41) is 3.85. The molecule has 0 aliphatic carbocycles. The highest BCUT2D eigenvalue weighted by Gasteiger charge is 2.55. The summed E-state index contributed by atoms with van der Waals surface area (Å²) < 4.78 is 13.2. The molecular formula is C17H19FN4O2Si. The monoisotopic (exact) mass is 358 g/mol. The van der Waals surface area contributed by atoms with E-state index in [4.69, 9.17) is 0 Å². The van der Waals surface area contributed by atoms with E-state index in [1.54, 1.807) is 0 Å². The van der Waals surface area contributed by atoms with Crippen LogP contribution in [0.2, 0.25) is 5.04 Å². The van der Waals surface area contributed by atoms with Crippen LogP contribution in [0.3, 0.4) is 0 Å². The van der Waals surface area contributed by atoms with Crippen molar-refractivity contribution >= 4 is 26.3 Å². The Morgan fingerprint density at radius 1 is 1.52 bits per heavy atom. The van der Waals surface area contributed by atoms with Crippen molar-refractivity contribution in [2.24, 2.45) is 0 Å². The molecule has 130 valence electrons. The lowest BCUT2D eigenvalue weighted by molar-refractivity contribution is -0.131. The van der Waals surface area contributed by atoms with Gasteiger partial charge in [-0.2, -0.15) is 0 Å². The van der Waals surface area contributed by atoms with Crippen LogP contribution < -0.4 is 10.9 Å². The summed E-state index contributed by atoms with van der Waals surface area (Å²) in [5.41, 5.74) is 0.423. The van der Waals surface area contributed by atoms with Crippen molar-refractivity contribution in [1.82, 2.24) is 20.2 Å². The van der Waals surface area contributed by atoms with Gasteiger partial charge in [-0.1, -0.05) is 6.92 Å². The molecule has 2 aliphatic rings. The number of aromatic nitrogens is 2. The van der Waals surface area contributed by atoms with Gasteiger partial charge in [0.05, 0.1) is 20.4 Å². The molecule has 1 unspecified atom stereocenters. The van der Waals surface area contributed by atoms with Crippen molar-refractivity contribution in [1.29, 1.82) is 0 Å². The fourth-order valence-corrected chi connectivity index (χ4v) is 4.89. The Morgan fingerprint density at radius 3 is 3.20 bits per heavy atom. The van der Waals surface area contributed by atoms with Crippen LogP contribution in [0, 0.1) is 5.82 Å². The molecular weight excluding hydrogens is 339 g/mol. The van der Waals surface area contributed by atoms with E-state index in [1.165, 1.54) is 18.2 Å². The number of hydrogen-bond donors (Lipinski definition) is 2. The number of halogens is 1. The minimum absolute atomic E-state index is 0.103. The number of H-pyrrole nitrogens is 1. The molecule has 0 spiro atoms. The fourth-order valence-electron chi connectivity index (χ4n) is 3.43. The molecule has 6 nitrogen and oxygen atoms in total. The van der Waals surface area contributed by atoms with Crippen molar-refractivity contribution in [3.63, 3.8) is 0 Å². The van der Waals surface area contributed by atoms with Crippen LogP contribution in [0.1, 0.15) is 19.2 Å². The Labute approximate surface area is 146 Å². The van der Waals surface area contributed by atoms with Gasteiger partial charge in [-0.05, 0) is 29.8 Å². The zero-order chi connectivity index (χ0) is 17.6. The second-order valence-electron chi connectivity index (χ2n) is 6.90. The van der Waals surface area contributed by atoms with Gasteiger partial charge in [0.25, 0.3) is 5.56 Å². The molecule has 4 rings (SSSR count). The van der Waals surface area contributed by atoms with Gasteiger partial charge in [0, 0.05) is 31.6 Å². The largest absolute Gasteiger partial charge is 0.342 e. The van der Waals surface area contributed by atoms with Gasteiger partial charge in [0.2, 0.25) is 5.91 Å². The summed E-state index contributed by atoms with van der Waals surface area (Å²) in [6, 6.07) is 3.94. The Balaban J connectivity index is 1.48. The summed E-state index contributed by atoms with van der Waals surface area (Å²) in [5.74, 6) is 0.101. The first-order valence-corrected chi connectivity index (χ1v) is 9.50. The van der Waals surface area contributed by atoms with Crippen LogP contribution >= 0.6 is 0 Å². The lowest BCUT2D eigenvalue weighted by Crippen LogP contribution is -2.37. The third kappa shape index (κ3) is 3.11. The van der Waals surface area contributed by atoms with Gasteiger partial charge in [0.15, 0.2) is 0 Å². The highest BCUT2D eigenvalue weighted by atomic mass is 28.2. The second-order valence-corrected chi connectivity index (χ2v) is 8.88. The molecule has 2 fully saturated rings. The molecule has 2 atom stereocenters. The highest BCUT2D eigenvalue weighted by molar-refractivity contribution is 6.57. The van der Waals surface area contributed by atoms with Crippen LogP contribution in [0.25, 0.3) is 10.9 Å². The number of rotatable bonds is 3. The minimum Gasteiger partial charge on any atom is -0.342 e. The SMILES string of the molecule is C[C@]12CNCCN(C(=O)CCc3nc4ccc(F)cc4c(=O)[nH]3)C1[Si]2. The van der Waals surface area contributed by atoms with Gasteiger partial charge < -0.3 is 15.2 Å². The Kier molecular flexibility index (Phi) is 3.96. The first kappa shape index (κ1) is 16.4. The summed E-state index contributed by atoms with van der Waals surface area (Å²) in [6.07, 6.45) is 0.685. The first-order valence-electron chi connectivity index (χ1n) is 8.43. The first-order chi connectivity index (χ1) is 12.0. The molecule has 2 radical (unpaired) electrons. The van der Waals surface area contributed by atoms with Crippen molar-refractivity contribution in [2.45, 2.75) is 30.5 Å². The number of benzene rings is 1. The molecule has 1 aromatic heterocycles. The van der Waals surface area contributed by atoms with Gasteiger partial charge in [0.1, 0.15) is 11.6 Å². The topological polar surface area (TPSA) is 78.1 Å². The summed E-state index contributed by atoms with van der Waals surface area (Å²) in [7, 11) is 0.788. The van der Waals surface area contributed by atoms with E-state index in [9.17, 15) is 14.0 Å². The third-order valence-electron chi connectivity index (χ3n) is 4.93. The van der Waals surface area contributed by atoms with E-state index in [0.29, 0.717) is 29.8 Å². The molecule has 1 amide bonds. The fraction of sp³-hybridized carbons (Fsp3) is 0.471. The number of fused-ring (bicyclic) bond motifs is 2. The van der Waals surface area contributed by atoms with Crippen LogP contribution in [-0.2, 0) is 11.2 Å². The Hall–Kier alpha value is -2.06. The van der Waals surface area contributed by atoms with E-state index in [1.807, 2.05) is 4.90 Å². The average Bonchev–Trinajstić information content (AvgIpc) is 3.26. The van der Waals surface area contributed by atoms with Crippen LogP contribution in [-0.4, -0.2) is 55.6 Å². The highest BCUT2D eigenvalue weighted by Crippen LogP contribution is 2.48. The molecule has 8 heteroatoms. The Morgan fingerprint density at radius 2 is 2.36 bits per heavy atom. The Bertz CT molecular complexity index is 902.